The van der Waals surface area contributed by atoms with Gasteiger partial charge in [-0.15, -0.1) is 0 Å². The van der Waals surface area contributed by atoms with E-state index in [0.717, 1.165) is 5.57 Å². The van der Waals surface area contributed by atoms with Crippen LogP contribution in [0.3, 0.4) is 0 Å². The highest BCUT2D eigenvalue weighted by molar-refractivity contribution is 5.99. The lowest BCUT2D eigenvalue weighted by atomic mass is 9.72. The average Bonchev–Trinajstić information content (AvgIpc) is 2.62. The molecular weight excluding hydrogens is 358 g/mol. The van der Waals surface area contributed by atoms with E-state index in [9.17, 15) is 9.90 Å². The van der Waals surface area contributed by atoms with Crippen molar-refractivity contribution in [1.82, 2.24) is 0 Å². The van der Waals surface area contributed by atoms with Crippen LogP contribution in [-0.4, -0.2) is 11.0 Å². The molecule has 0 spiro atoms. The highest BCUT2D eigenvalue weighted by Gasteiger charge is 2.26. The van der Waals surface area contributed by atoms with Crippen molar-refractivity contribution in [3.05, 3.63) is 83.0 Å². The number of rotatable bonds is 6. The van der Waals surface area contributed by atoms with Crippen LogP contribution in [0.15, 0.2) is 83.0 Å². The summed E-state index contributed by atoms with van der Waals surface area (Å²) in [7, 11) is 0. The van der Waals surface area contributed by atoms with Gasteiger partial charge in [-0.2, -0.15) is 0 Å². The zero-order chi connectivity index (χ0) is 21.4. The van der Waals surface area contributed by atoms with Crippen molar-refractivity contribution < 1.29 is 9.90 Å². The fourth-order valence-corrected chi connectivity index (χ4v) is 3.61. The minimum absolute atomic E-state index is 0.173. The largest absolute Gasteiger partial charge is 0.508 e. The van der Waals surface area contributed by atoms with Gasteiger partial charge in [0.15, 0.2) is 0 Å². The molecule has 1 aliphatic carbocycles. The van der Waals surface area contributed by atoms with Gasteiger partial charge in [-0.25, -0.2) is 0 Å². The van der Waals surface area contributed by atoms with E-state index in [0.29, 0.717) is 5.69 Å². The van der Waals surface area contributed by atoms with E-state index in [1.54, 1.807) is 30.3 Å². The first kappa shape index (κ1) is 22.5. The van der Waals surface area contributed by atoms with E-state index in [2.05, 4.69) is 51.2 Å². The average molecular weight is 392 g/mol. The van der Waals surface area contributed by atoms with Crippen LogP contribution < -0.4 is 5.32 Å². The van der Waals surface area contributed by atoms with Crippen LogP contribution in [0.4, 0.5) is 5.69 Å². The predicted molar refractivity (Wildman–Crippen MR) is 123 cm³/mol. The van der Waals surface area contributed by atoms with E-state index in [1.165, 1.54) is 36.0 Å². The molecule has 0 fully saturated rings. The first-order valence-electron chi connectivity index (χ1n) is 10.2. The monoisotopic (exact) mass is 391 g/mol. The molecule has 2 rings (SSSR count). The number of anilines is 1. The summed E-state index contributed by atoms with van der Waals surface area (Å²) in [6.45, 7) is 10.9. The molecule has 0 saturated carbocycles. The Morgan fingerprint density at radius 3 is 2.45 bits per heavy atom. The number of aromatic hydroxyl groups is 1. The number of phenolic OH excluding ortho intramolecular Hbond substituents is 1. The predicted octanol–water partition coefficient (Wildman–Crippen LogP) is 6.86. The molecule has 2 N–H and O–H groups in total. The number of amides is 1. The second-order valence-electron chi connectivity index (χ2n) is 8.46. The Labute approximate surface area is 175 Å². The molecule has 3 nitrogen and oxygen atoms in total. The zero-order valence-electron chi connectivity index (χ0n) is 18.3. The summed E-state index contributed by atoms with van der Waals surface area (Å²) >= 11 is 0. The molecule has 3 heteroatoms. The van der Waals surface area contributed by atoms with Crippen LogP contribution >= 0.6 is 0 Å². The minimum Gasteiger partial charge on any atom is -0.508 e. The summed E-state index contributed by atoms with van der Waals surface area (Å²) < 4.78 is 0. The maximum atomic E-state index is 12.1. The molecule has 1 amide bonds. The third-order valence-corrected chi connectivity index (χ3v) is 5.27. The number of allylic oxidation sites excluding steroid dienone is 9. The summed E-state index contributed by atoms with van der Waals surface area (Å²) in [6, 6.07) is 6.41. The summed E-state index contributed by atoms with van der Waals surface area (Å²) in [5.74, 6) is -0.0206. The van der Waals surface area contributed by atoms with Crippen LogP contribution in [0.25, 0.3) is 0 Å². The van der Waals surface area contributed by atoms with Crippen LogP contribution in [0.2, 0.25) is 0 Å². The van der Waals surface area contributed by atoms with Crippen molar-refractivity contribution >= 4 is 11.6 Å². The lowest BCUT2D eigenvalue weighted by Gasteiger charge is -2.32. The van der Waals surface area contributed by atoms with E-state index in [1.807, 2.05) is 19.1 Å². The van der Waals surface area contributed by atoms with E-state index in [-0.39, 0.29) is 17.1 Å². The maximum absolute atomic E-state index is 12.1. The second-order valence-corrected chi connectivity index (χ2v) is 8.46. The van der Waals surface area contributed by atoms with Gasteiger partial charge < -0.3 is 10.4 Å². The van der Waals surface area contributed by atoms with Crippen molar-refractivity contribution in [1.29, 1.82) is 0 Å². The molecule has 0 radical (unpaired) electrons. The van der Waals surface area contributed by atoms with Crippen LogP contribution in [0.5, 0.6) is 5.75 Å². The van der Waals surface area contributed by atoms with Gasteiger partial charge in [-0.1, -0.05) is 55.4 Å². The molecule has 0 saturated heterocycles. The topological polar surface area (TPSA) is 49.3 Å². The zero-order valence-corrected chi connectivity index (χ0v) is 18.3. The lowest BCUT2D eigenvalue weighted by Crippen LogP contribution is -2.19. The Kier molecular flexibility index (Phi) is 7.83. The molecule has 0 aromatic heterocycles. The number of hydrogen-bond acceptors (Lipinski definition) is 2. The molecule has 1 aliphatic rings. The highest BCUT2D eigenvalue weighted by Crippen LogP contribution is 2.40. The van der Waals surface area contributed by atoms with E-state index < -0.39 is 0 Å². The normalized spacial score (nSPS) is 18.0. The van der Waals surface area contributed by atoms with Crippen molar-refractivity contribution in [2.75, 3.05) is 5.32 Å². The number of nitrogens with one attached hydrogen (secondary N) is 1. The van der Waals surface area contributed by atoms with Crippen LogP contribution in [0.1, 0.15) is 53.9 Å². The molecule has 0 unspecified atom stereocenters. The van der Waals surface area contributed by atoms with E-state index >= 15 is 0 Å². The summed E-state index contributed by atoms with van der Waals surface area (Å²) in [6.07, 6.45) is 15.6. The van der Waals surface area contributed by atoms with Gasteiger partial charge in [0.1, 0.15) is 5.75 Å². The van der Waals surface area contributed by atoms with Crippen molar-refractivity contribution in [2.24, 2.45) is 5.41 Å². The van der Waals surface area contributed by atoms with Crippen LogP contribution in [0, 0.1) is 5.41 Å². The molecule has 1 aromatic rings. The SMILES string of the molecule is CC(=CC(=O)Nc1ccc(O)cc1)/C=C/C=C(C)/C=C/C1=C(C)CCCC1(C)C. The number of hydrogen-bond donors (Lipinski definition) is 2. The van der Waals surface area contributed by atoms with Gasteiger partial charge in [0.2, 0.25) is 5.91 Å². The molecule has 0 aliphatic heterocycles. The van der Waals surface area contributed by atoms with Gasteiger partial charge in [0.05, 0.1) is 0 Å². The minimum atomic E-state index is -0.194. The molecule has 0 atom stereocenters. The van der Waals surface area contributed by atoms with Crippen LogP contribution in [-0.2, 0) is 4.79 Å². The molecular formula is C26H33NO2. The van der Waals surface area contributed by atoms with Crippen molar-refractivity contribution in [2.45, 2.75) is 53.9 Å². The Morgan fingerprint density at radius 1 is 1.10 bits per heavy atom. The van der Waals surface area contributed by atoms with Gasteiger partial charge >= 0.3 is 0 Å². The molecule has 29 heavy (non-hydrogen) atoms. The van der Waals surface area contributed by atoms with E-state index in [4.69, 9.17) is 0 Å². The first-order valence-corrected chi connectivity index (χ1v) is 10.2. The second kappa shape index (κ2) is 10.1. The lowest BCUT2D eigenvalue weighted by molar-refractivity contribution is -0.111. The Bertz CT molecular complexity index is 878. The summed E-state index contributed by atoms with van der Waals surface area (Å²) in [5.41, 5.74) is 5.89. The molecule has 154 valence electrons. The van der Waals surface area contributed by atoms with Gasteiger partial charge in [-0.3, -0.25) is 4.79 Å². The summed E-state index contributed by atoms with van der Waals surface area (Å²) in [4.78, 5) is 12.1. The fourth-order valence-electron chi connectivity index (χ4n) is 3.61. The Hall–Kier alpha value is -2.81. The molecule has 0 heterocycles. The van der Waals surface area contributed by atoms with Crippen molar-refractivity contribution in [3.8, 4) is 5.75 Å². The third-order valence-electron chi connectivity index (χ3n) is 5.27. The number of carbonyl (C=O) groups excluding carboxylic acids is 1. The fraction of sp³-hybridized carbons (Fsp3) is 0.346. The smallest absolute Gasteiger partial charge is 0.248 e. The standard InChI is InChI=1S/C26H33NO2/c1-19(11-16-24-21(3)10-7-17-26(24,4)5)8-6-9-20(2)18-25(29)27-22-12-14-23(28)15-13-22/h6,8-9,11-16,18,28H,7,10,17H2,1-5H3,(H,27,29)/b9-6+,16-11+,19-8+,20-18?. The molecule has 1 aromatic carbocycles. The number of benzene rings is 1. The Balaban J connectivity index is 1.95. The number of phenols is 1. The number of carbonyl (C=O) groups is 1. The maximum Gasteiger partial charge on any atom is 0.248 e. The highest BCUT2D eigenvalue weighted by atomic mass is 16.3. The van der Waals surface area contributed by atoms with Gasteiger partial charge in [0.25, 0.3) is 0 Å². The van der Waals surface area contributed by atoms with Crippen molar-refractivity contribution in [3.63, 3.8) is 0 Å². The van der Waals surface area contributed by atoms with Gasteiger partial charge in [-0.05, 0) is 80.9 Å². The molecule has 0 bridgehead atoms. The third kappa shape index (κ3) is 7.26. The first-order chi connectivity index (χ1) is 13.7. The van der Waals surface area contributed by atoms with Gasteiger partial charge in [0, 0.05) is 11.8 Å². The summed E-state index contributed by atoms with van der Waals surface area (Å²) in [5, 5.41) is 12.1. The Morgan fingerprint density at radius 2 is 1.79 bits per heavy atom. The quantitative estimate of drug-likeness (QED) is 0.316.